The van der Waals surface area contributed by atoms with Crippen molar-refractivity contribution in [2.45, 2.75) is 69.8 Å². The van der Waals surface area contributed by atoms with Crippen LogP contribution in [0, 0.1) is 29.1 Å². The molecule has 6 aliphatic carbocycles. The van der Waals surface area contributed by atoms with E-state index in [2.05, 4.69) is 76.2 Å². The zero-order chi connectivity index (χ0) is 23.2. The first-order valence-corrected chi connectivity index (χ1v) is 16.3. The van der Waals surface area contributed by atoms with Gasteiger partial charge in [-0.2, -0.15) is 0 Å². The third kappa shape index (κ3) is 4.06. The van der Waals surface area contributed by atoms with E-state index in [1.54, 1.807) is 31.1 Å². The average Bonchev–Trinajstić information content (AvgIpc) is 3.26. The van der Waals surface area contributed by atoms with E-state index in [4.69, 9.17) is 0 Å². The number of rotatable bonds is 3. The first-order chi connectivity index (χ1) is 16.4. The summed E-state index contributed by atoms with van der Waals surface area (Å²) < 4.78 is 2.37. The van der Waals surface area contributed by atoms with Gasteiger partial charge in [-0.05, 0) is 0 Å². The van der Waals surface area contributed by atoms with Crippen molar-refractivity contribution in [3.8, 4) is 11.1 Å². The van der Waals surface area contributed by atoms with Crippen LogP contribution in [0.5, 0.6) is 0 Å². The van der Waals surface area contributed by atoms with Crippen molar-refractivity contribution in [3.05, 3.63) is 76.4 Å². The Bertz CT molecular complexity index is 1260. The molecule has 0 saturated heterocycles. The van der Waals surface area contributed by atoms with Crippen LogP contribution in [-0.2, 0) is 22.8 Å². The second-order valence-electron chi connectivity index (χ2n) is 12.6. The number of benzene rings is 2. The fourth-order valence-corrected chi connectivity index (χ4v) is 12.7. The van der Waals surface area contributed by atoms with Crippen LogP contribution in [0.3, 0.4) is 0 Å². The first kappa shape index (κ1) is 26.8. The maximum Gasteiger partial charge on any atom is -1.00 e. The van der Waals surface area contributed by atoms with Gasteiger partial charge in [-0.25, -0.2) is 0 Å². The van der Waals surface area contributed by atoms with Gasteiger partial charge in [-0.3, -0.25) is 0 Å². The Kier molecular flexibility index (Phi) is 7.29. The maximum absolute atomic E-state index is 2.70. The number of allylic oxidation sites excluding steroid dienone is 4. The van der Waals surface area contributed by atoms with Gasteiger partial charge in [0, 0.05) is 0 Å². The molecule has 0 aromatic heterocycles. The largest absolute Gasteiger partial charge is 1.00 e. The summed E-state index contributed by atoms with van der Waals surface area (Å²) in [6.07, 6.45) is 11.7. The van der Waals surface area contributed by atoms with E-state index in [1.807, 2.05) is 0 Å². The summed E-state index contributed by atoms with van der Waals surface area (Å²) in [4.78, 5) is 0. The normalized spacial score (nSPS) is 32.8. The van der Waals surface area contributed by atoms with E-state index in [0.29, 0.717) is 15.0 Å². The van der Waals surface area contributed by atoms with Crippen molar-refractivity contribution in [3.63, 3.8) is 0 Å². The Morgan fingerprint density at radius 3 is 2.08 bits per heavy atom. The topological polar surface area (TPSA) is 0 Å². The summed E-state index contributed by atoms with van der Waals surface area (Å²) >= 11 is -0.605. The molecular formula is C33H37Cl2Zr. The molecule has 6 aliphatic rings. The van der Waals surface area contributed by atoms with Crippen molar-refractivity contribution >= 4 is 8.78 Å². The van der Waals surface area contributed by atoms with Crippen molar-refractivity contribution in [2.24, 2.45) is 29.1 Å². The van der Waals surface area contributed by atoms with Gasteiger partial charge in [0.05, 0.1) is 0 Å². The van der Waals surface area contributed by atoms with Gasteiger partial charge < -0.3 is 24.8 Å². The molecule has 187 valence electrons. The van der Waals surface area contributed by atoms with Gasteiger partial charge in [0.1, 0.15) is 0 Å². The van der Waals surface area contributed by atoms with Crippen LogP contribution >= 0.6 is 0 Å². The summed E-state index contributed by atoms with van der Waals surface area (Å²) in [5.41, 5.74) is 13.2. The van der Waals surface area contributed by atoms with E-state index < -0.39 is 22.8 Å². The molecule has 0 nitrogen and oxygen atoms in total. The van der Waals surface area contributed by atoms with E-state index >= 15 is 0 Å². The zero-order valence-electron chi connectivity index (χ0n) is 22.0. The SMILES string of the molecule is C[C](C)=[Zr+2][CH]1c2ccccc2-c2cc(C3=C(C)C(C45CC6CC(CC(C6)C4)C5)=CC3C)ccc21.[Cl-].[Cl-]. The van der Waals surface area contributed by atoms with E-state index in [1.165, 1.54) is 55.2 Å². The van der Waals surface area contributed by atoms with Crippen molar-refractivity contribution < 1.29 is 47.6 Å². The molecule has 4 bridgehead atoms. The van der Waals surface area contributed by atoms with Gasteiger partial charge in [0.25, 0.3) is 0 Å². The Balaban J connectivity index is 0.00000133. The van der Waals surface area contributed by atoms with Crippen molar-refractivity contribution in [1.82, 2.24) is 0 Å². The molecule has 0 amide bonds. The van der Waals surface area contributed by atoms with Gasteiger partial charge in [-0.1, -0.05) is 0 Å². The summed E-state index contributed by atoms with van der Waals surface area (Å²) in [7, 11) is 0. The molecule has 0 N–H and O–H groups in total. The average molecular weight is 596 g/mol. The first-order valence-electron chi connectivity index (χ1n) is 13.7. The molecule has 4 fully saturated rings. The monoisotopic (exact) mass is 593 g/mol. The fourth-order valence-electron chi connectivity index (χ4n) is 9.25. The van der Waals surface area contributed by atoms with Crippen LogP contribution < -0.4 is 24.8 Å². The summed E-state index contributed by atoms with van der Waals surface area (Å²) in [6.45, 7) is 9.64. The third-order valence-corrected chi connectivity index (χ3v) is 13.6. The fraction of sp³-hybridized carbons (Fsp3) is 0.485. The van der Waals surface area contributed by atoms with Crippen LogP contribution in [0.15, 0.2) is 59.7 Å². The number of hydrogen-bond donors (Lipinski definition) is 0. The molecule has 0 heterocycles. The summed E-state index contributed by atoms with van der Waals surface area (Å²) in [5.74, 6) is 3.57. The van der Waals surface area contributed by atoms with Crippen molar-refractivity contribution in [2.75, 3.05) is 0 Å². The number of fused-ring (bicyclic) bond motifs is 3. The van der Waals surface area contributed by atoms with Crippen LogP contribution in [0.2, 0.25) is 0 Å². The minimum atomic E-state index is -0.605. The van der Waals surface area contributed by atoms with Gasteiger partial charge in [0.15, 0.2) is 0 Å². The standard InChI is InChI=1S/C30H31.C3H6.2ClH.Zr/c1-18-9-28(30-15-20-10-21(16-30)12-22(11-20)17-30)19(2)29(18)25-8-7-24-13-23-5-3-4-6-26(23)27(24)14-25;1-3-2;;;/h3-9,13-14,18,20-22H,10-12,15-17H2,1-2H3;1-2H3;2*1H;/q;;;;+2/p-2. The summed E-state index contributed by atoms with van der Waals surface area (Å²) in [5, 5.41) is 0. The predicted molar refractivity (Wildman–Crippen MR) is 141 cm³/mol. The molecule has 0 radical (unpaired) electrons. The third-order valence-electron chi connectivity index (χ3n) is 9.96. The van der Waals surface area contributed by atoms with Gasteiger partial charge >= 0.3 is 218 Å². The van der Waals surface area contributed by atoms with Crippen LogP contribution in [-0.4, -0.2) is 3.21 Å². The molecule has 3 heteroatoms. The van der Waals surface area contributed by atoms with Crippen molar-refractivity contribution in [1.29, 1.82) is 0 Å². The minimum Gasteiger partial charge on any atom is -1.00 e. The minimum absolute atomic E-state index is 0. The van der Waals surface area contributed by atoms with E-state index in [9.17, 15) is 0 Å². The Morgan fingerprint density at radius 2 is 1.44 bits per heavy atom. The zero-order valence-corrected chi connectivity index (χ0v) is 26.0. The Hall–Kier alpha value is -0.747. The molecule has 2 atom stereocenters. The molecule has 2 aromatic carbocycles. The predicted octanol–water partition coefficient (Wildman–Crippen LogP) is 2.63. The van der Waals surface area contributed by atoms with Gasteiger partial charge in [-0.15, -0.1) is 0 Å². The smallest absolute Gasteiger partial charge is 1.00 e. The van der Waals surface area contributed by atoms with Crippen LogP contribution in [0.25, 0.3) is 16.7 Å². The molecule has 2 unspecified atom stereocenters. The molecule has 0 aliphatic heterocycles. The van der Waals surface area contributed by atoms with Crippen LogP contribution in [0.1, 0.15) is 86.5 Å². The second kappa shape index (κ2) is 9.77. The van der Waals surface area contributed by atoms with E-state index in [0.717, 1.165) is 17.8 Å². The molecule has 36 heavy (non-hydrogen) atoms. The molecule has 2 aromatic rings. The number of hydrogen-bond acceptors (Lipinski definition) is 0. The maximum atomic E-state index is 2.70. The van der Waals surface area contributed by atoms with Crippen LogP contribution in [0.4, 0.5) is 0 Å². The molecular weight excluding hydrogens is 558 g/mol. The number of halogens is 2. The summed E-state index contributed by atoms with van der Waals surface area (Å²) in [6, 6.07) is 16.8. The van der Waals surface area contributed by atoms with Gasteiger partial charge in [0.2, 0.25) is 0 Å². The molecule has 8 rings (SSSR count). The van der Waals surface area contributed by atoms with E-state index in [-0.39, 0.29) is 24.8 Å². The second-order valence-corrected chi connectivity index (χ2v) is 17.2. The molecule has 0 spiro atoms. The quantitative estimate of drug-likeness (QED) is 0.512. The Labute approximate surface area is 241 Å². The molecule has 4 saturated carbocycles. The Morgan fingerprint density at radius 1 is 0.833 bits per heavy atom.